The van der Waals surface area contributed by atoms with Crippen LogP contribution in [0.1, 0.15) is 16.8 Å². The van der Waals surface area contributed by atoms with Gasteiger partial charge in [-0.15, -0.1) is 0 Å². The number of likely N-dealkylation sites (tertiary alicyclic amines) is 1. The molecule has 0 bridgehead atoms. The maximum atomic E-state index is 13.8. The molecule has 1 aliphatic rings. The molecule has 0 aromatic heterocycles. The van der Waals surface area contributed by atoms with Gasteiger partial charge in [-0.25, -0.2) is 4.39 Å². The predicted octanol–water partition coefficient (Wildman–Crippen LogP) is 1.73. The minimum absolute atomic E-state index is 0.0391. The van der Waals surface area contributed by atoms with Gasteiger partial charge >= 0.3 is 0 Å². The predicted molar refractivity (Wildman–Crippen MR) is 78.1 cm³/mol. The van der Waals surface area contributed by atoms with Crippen LogP contribution in [0.25, 0.3) is 0 Å². The van der Waals surface area contributed by atoms with Crippen molar-refractivity contribution in [3.8, 4) is 0 Å². The SMILES string of the molecule is CN(C)CC1CC(O)CN1C(=O)c1cc(Br)ccc1F. The van der Waals surface area contributed by atoms with Gasteiger partial charge in [0.15, 0.2) is 0 Å². The minimum atomic E-state index is -0.542. The van der Waals surface area contributed by atoms with E-state index >= 15 is 0 Å². The van der Waals surface area contributed by atoms with Crippen LogP contribution < -0.4 is 0 Å². The molecule has 1 amide bonds. The molecule has 0 saturated carbocycles. The highest BCUT2D eigenvalue weighted by Gasteiger charge is 2.35. The van der Waals surface area contributed by atoms with Crippen LogP contribution in [-0.2, 0) is 0 Å². The Hall–Kier alpha value is -0.980. The van der Waals surface area contributed by atoms with Gasteiger partial charge in [-0.2, -0.15) is 0 Å². The number of aliphatic hydroxyl groups excluding tert-OH is 1. The first kappa shape index (κ1) is 15.4. The molecule has 1 heterocycles. The van der Waals surface area contributed by atoms with Crippen LogP contribution in [0, 0.1) is 5.82 Å². The van der Waals surface area contributed by atoms with Gasteiger partial charge in [0.2, 0.25) is 0 Å². The lowest BCUT2D eigenvalue weighted by Crippen LogP contribution is -2.41. The van der Waals surface area contributed by atoms with E-state index in [-0.39, 0.29) is 24.1 Å². The molecule has 1 N–H and O–H groups in total. The molecule has 1 fully saturated rings. The van der Waals surface area contributed by atoms with Gasteiger partial charge in [-0.05, 0) is 38.7 Å². The van der Waals surface area contributed by atoms with Crippen molar-refractivity contribution in [1.82, 2.24) is 9.80 Å². The average molecular weight is 345 g/mol. The first-order valence-corrected chi connectivity index (χ1v) is 7.26. The van der Waals surface area contributed by atoms with Gasteiger partial charge in [0.1, 0.15) is 5.82 Å². The van der Waals surface area contributed by atoms with E-state index < -0.39 is 11.9 Å². The van der Waals surface area contributed by atoms with Crippen LogP contribution in [0.4, 0.5) is 4.39 Å². The van der Waals surface area contributed by atoms with E-state index in [2.05, 4.69) is 15.9 Å². The molecular formula is C14H18BrFN2O2. The largest absolute Gasteiger partial charge is 0.391 e. The highest BCUT2D eigenvalue weighted by atomic mass is 79.9. The van der Waals surface area contributed by atoms with Crippen molar-refractivity contribution in [2.24, 2.45) is 0 Å². The Morgan fingerprint density at radius 1 is 1.55 bits per heavy atom. The highest BCUT2D eigenvalue weighted by Crippen LogP contribution is 2.24. The maximum Gasteiger partial charge on any atom is 0.257 e. The Bertz CT molecular complexity index is 510. The van der Waals surface area contributed by atoms with Crippen LogP contribution >= 0.6 is 15.9 Å². The molecule has 6 heteroatoms. The molecule has 0 radical (unpaired) electrons. The summed E-state index contributed by atoms with van der Waals surface area (Å²) in [7, 11) is 3.82. The zero-order valence-electron chi connectivity index (χ0n) is 11.5. The fraction of sp³-hybridized carbons (Fsp3) is 0.500. The van der Waals surface area contributed by atoms with Gasteiger partial charge in [-0.3, -0.25) is 4.79 Å². The molecule has 1 aromatic carbocycles. The van der Waals surface area contributed by atoms with Gasteiger partial charge < -0.3 is 14.9 Å². The summed E-state index contributed by atoms with van der Waals surface area (Å²) in [6.07, 6.45) is -0.0152. The molecule has 0 aliphatic carbocycles. The number of carbonyl (C=O) groups excluding carboxylic acids is 1. The number of halogens is 2. The second-order valence-electron chi connectivity index (χ2n) is 5.39. The van der Waals surface area contributed by atoms with E-state index in [4.69, 9.17) is 0 Å². The number of β-amino-alcohol motifs (C(OH)–C–C–N with tert-alkyl or cyclic N) is 1. The highest BCUT2D eigenvalue weighted by molar-refractivity contribution is 9.10. The fourth-order valence-corrected chi connectivity index (χ4v) is 2.91. The molecule has 1 saturated heterocycles. The van der Waals surface area contributed by atoms with Crippen molar-refractivity contribution in [3.63, 3.8) is 0 Å². The normalized spacial score (nSPS) is 22.6. The molecule has 0 spiro atoms. The smallest absolute Gasteiger partial charge is 0.257 e. The minimum Gasteiger partial charge on any atom is -0.391 e. The van der Waals surface area contributed by atoms with Crippen molar-refractivity contribution >= 4 is 21.8 Å². The van der Waals surface area contributed by atoms with Gasteiger partial charge in [0.05, 0.1) is 11.7 Å². The molecule has 2 unspecified atom stereocenters. The Balaban J connectivity index is 2.24. The monoisotopic (exact) mass is 344 g/mol. The number of rotatable bonds is 3. The second-order valence-corrected chi connectivity index (χ2v) is 6.30. The first-order chi connectivity index (χ1) is 9.38. The average Bonchev–Trinajstić information content (AvgIpc) is 2.71. The molecule has 1 aliphatic heterocycles. The Morgan fingerprint density at radius 3 is 2.90 bits per heavy atom. The summed E-state index contributed by atoms with van der Waals surface area (Å²) < 4.78 is 14.5. The summed E-state index contributed by atoms with van der Waals surface area (Å²) in [6.45, 7) is 0.904. The topological polar surface area (TPSA) is 43.8 Å². The van der Waals surface area contributed by atoms with Crippen molar-refractivity contribution in [1.29, 1.82) is 0 Å². The maximum absolute atomic E-state index is 13.8. The van der Waals surface area contributed by atoms with Gasteiger partial charge in [0, 0.05) is 23.6 Å². The molecule has 2 atom stereocenters. The Labute approximate surface area is 126 Å². The van der Waals surface area contributed by atoms with Crippen LogP contribution in [0.5, 0.6) is 0 Å². The van der Waals surface area contributed by atoms with Crippen molar-refractivity contribution in [2.45, 2.75) is 18.6 Å². The number of carbonyl (C=O) groups is 1. The van der Waals surface area contributed by atoms with Crippen LogP contribution in [0.15, 0.2) is 22.7 Å². The van der Waals surface area contributed by atoms with E-state index in [0.29, 0.717) is 17.4 Å². The van der Waals surface area contributed by atoms with E-state index in [9.17, 15) is 14.3 Å². The standard InChI is InChI=1S/C14H18BrFN2O2/c1-17(2)7-10-6-11(19)8-18(10)14(20)12-5-9(15)3-4-13(12)16/h3-5,10-11,19H,6-8H2,1-2H3. The van der Waals surface area contributed by atoms with Crippen LogP contribution in [-0.4, -0.2) is 60.1 Å². The van der Waals surface area contributed by atoms with Crippen molar-refractivity contribution < 1.29 is 14.3 Å². The van der Waals surface area contributed by atoms with Crippen LogP contribution in [0.3, 0.4) is 0 Å². The summed E-state index contributed by atoms with van der Waals surface area (Å²) in [5.41, 5.74) is 0.0391. The number of hydrogen-bond acceptors (Lipinski definition) is 3. The number of benzene rings is 1. The number of aliphatic hydroxyl groups is 1. The zero-order chi connectivity index (χ0) is 14.9. The Morgan fingerprint density at radius 2 is 2.25 bits per heavy atom. The third-order valence-electron chi connectivity index (χ3n) is 3.39. The van der Waals surface area contributed by atoms with Crippen molar-refractivity contribution in [2.75, 3.05) is 27.2 Å². The van der Waals surface area contributed by atoms with E-state index in [1.807, 2.05) is 19.0 Å². The first-order valence-electron chi connectivity index (χ1n) is 6.47. The number of likely N-dealkylation sites (N-methyl/N-ethyl adjacent to an activating group) is 1. The van der Waals surface area contributed by atoms with E-state index in [1.54, 1.807) is 11.0 Å². The lowest BCUT2D eigenvalue weighted by molar-refractivity contribution is 0.0694. The fourth-order valence-electron chi connectivity index (χ4n) is 2.55. The molecule has 4 nitrogen and oxygen atoms in total. The molecule has 20 heavy (non-hydrogen) atoms. The van der Waals surface area contributed by atoms with Gasteiger partial charge in [-0.1, -0.05) is 15.9 Å². The van der Waals surface area contributed by atoms with Crippen LogP contribution in [0.2, 0.25) is 0 Å². The molecule has 110 valence electrons. The number of hydrogen-bond donors (Lipinski definition) is 1. The third-order valence-corrected chi connectivity index (χ3v) is 3.88. The summed E-state index contributed by atoms with van der Waals surface area (Å²) >= 11 is 3.25. The van der Waals surface area contributed by atoms with E-state index in [0.717, 1.165) is 0 Å². The molecule has 1 aromatic rings. The lowest BCUT2D eigenvalue weighted by Gasteiger charge is -2.27. The number of amides is 1. The van der Waals surface area contributed by atoms with Crippen molar-refractivity contribution in [3.05, 3.63) is 34.1 Å². The Kier molecular flexibility index (Phi) is 4.78. The molecular weight excluding hydrogens is 327 g/mol. The van der Waals surface area contributed by atoms with E-state index in [1.165, 1.54) is 12.1 Å². The quantitative estimate of drug-likeness (QED) is 0.907. The summed E-state index contributed by atoms with van der Waals surface area (Å²) in [4.78, 5) is 16.0. The lowest BCUT2D eigenvalue weighted by atomic mass is 10.1. The third kappa shape index (κ3) is 3.37. The van der Waals surface area contributed by atoms with Gasteiger partial charge in [0.25, 0.3) is 5.91 Å². The number of nitrogens with zero attached hydrogens (tertiary/aromatic N) is 2. The summed E-state index contributed by atoms with van der Waals surface area (Å²) in [5.74, 6) is -0.907. The summed E-state index contributed by atoms with van der Waals surface area (Å²) in [5, 5.41) is 9.79. The summed E-state index contributed by atoms with van der Waals surface area (Å²) in [6, 6.07) is 4.22. The second kappa shape index (κ2) is 6.20. The zero-order valence-corrected chi connectivity index (χ0v) is 13.1. The molecule has 2 rings (SSSR count).